The molecule has 0 amide bonds. The fourth-order valence-corrected chi connectivity index (χ4v) is 1.44. The highest BCUT2D eigenvalue weighted by atomic mass is 31.1. The Bertz CT molecular complexity index is 323. The molecule has 0 saturated carbocycles. The van der Waals surface area contributed by atoms with E-state index in [1.54, 1.807) is 0 Å². The number of rotatable bonds is 4. The molecule has 1 rings (SSSR count). The first kappa shape index (κ1) is 11.0. The van der Waals surface area contributed by atoms with Crippen LogP contribution >= 0.6 is 8.25 Å². The van der Waals surface area contributed by atoms with E-state index in [0.717, 1.165) is 5.56 Å². The van der Waals surface area contributed by atoms with E-state index in [1.165, 1.54) is 6.92 Å². The van der Waals surface area contributed by atoms with Crippen molar-refractivity contribution >= 4 is 14.2 Å². The third-order valence-corrected chi connectivity index (χ3v) is 2.26. The zero-order valence-electron chi connectivity index (χ0n) is 7.73. The maximum Gasteiger partial charge on any atom is 0.370 e. The highest BCUT2D eigenvalue weighted by Crippen LogP contribution is 2.25. The van der Waals surface area contributed by atoms with Crippen LogP contribution in [0.25, 0.3) is 0 Å². The van der Waals surface area contributed by atoms with E-state index in [1.807, 2.05) is 30.3 Å². The van der Waals surface area contributed by atoms with E-state index >= 15 is 0 Å². The number of carbonyl (C=O) groups is 1. The van der Waals surface area contributed by atoms with Crippen LogP contribution in [0.4, 0.5) is 0 Å². The summed E-state index contributed by atoms with van der Waals surface area (Å²) >= 11 is 0. The van der Waals surface area contributed by atoms with Gasteiger partial charge < -0.3 is 4.52 Å². The topological polar surface area (TPSA) is 52.6 Å². The summed E-state index contributed by atoms with van der Waals surface area (Å²) in [4.78, 5) is 10.4. The van der Waals surface area contributed by atoms with Gasteiger partial charge in [0.15, 0.2) is 0 Å². The Labute approximate surface area is 82.8 Å². The van der Waals surface area contributed by atoms with Crippen molar-refractivity contribution in [2.75, 3.05) is 0 Å². The summed E-state index contributed by atoms with van der Waals surface area (Å²) in [5.74, 6) is -0.595. The molecule has 14 heavy (non-hydrogen) atoms. The van der Waals surface area contributed by atoms with Gasteiger partial charge in [-0.1, -0.05) is 30.3 Å². The SMILES string of the molecule is CC(=O)O[PH](=O)OCc1ccccc1. The Kier molecular flexibility index (Phi) is 4.36. The summed E-state index contributed by atoms with van der Waals surface area (Å²) in [6.45, 7) is 1.38. The fourth-order valence-electron chi connectivity index (χ4n) is 0.863. The van der Waals surface area contributed by atoms with E-state index in [0.29, 0.717) is 0 Å². The van der Waals surface area contributed by atoms with Crippen LogP contribution in [0.2, 0.25) is 0 Å². The second-order valence-electron chi connectivity index (χ2n) is 2.62. The third-order valence-electron chi connectivity index (χ3n) is 1.43. The molecule has 5 heteroatoms. The number of hydrogen-bond donors (Lipinski definition) is 0. The van der Waals surface area contributed by atoms with Gasteiger partial charge in [-0.2, -0.15) is 0 Å². The lowest BCUT2D eigenvalue weighted by molar-refractivity contribution is -0.132. The first-order valence-electron chi connectivity index (χ1n) is 4.07. The molecule has 0 aliphatic carbocycles. The van der Waals surface area contributed by atoms with Gasteiger partial charge in [-0.05, 0) is 5.56 Å². The van der Waals surface area contributed by atoms with Crippen LogP contribution in [0, 0.1) is 0 Å². The average molecular weight is 214 g/mol. The summed E-state index contributed by atoms with van der Waals surface area (Å²) in [5, 5.41) is 0. The van der Waals surface area contributed by atoms with E-state index in [9.17, 15) is 9.36 Å². The first-order valence-corrected chi connectivity index (χ1v) is 5.30. The van der Waals surface area contributed by atoms with Crippen LogP contribution in [0.3, 0.4) is 0 Å². The lowest BCUT2D eigenvalue weighted by Gasteiger charge is -2.03. The molecule has 0 aliphatic rings. The van der Waals surface area contributed by atoms with Crippen molar-refractivity contribution in [1.82, 2.24) is 0 Å². The minimum absolute atomic E-state index is 0.186. The van der Waals surface area contributed by atoms with Crippen molar-refractivity contribution in [3.8, 4) is 0 Å². The predicted molar refractivity (Wildman–Crippen MR) is 52.0 cm³/mol. The van der Waals surface area contributed by atoms with Crippen molar-refractivity contribution in [2.24, 2.45) is 0 Å². The fraction of sp³-hybridized carbons (Fsp3) is 0.222. The zero-order chi connectivity index (χ0) is 10.4. The van der Waals surface area contributed by atoms with Gasteiger partial charge in [0, 0.05) is 6.92 Å². The molecule has 1 atom stereocenters. The van der Waals surface area contributed by atoms with Gasteiger partial charge in [0.25, 0.3) is 0 Å². The molecular weight excluding hydrogens is 203 g/mol. The van der Waals surface area contributed by atoms with E-state index in [-0.39, 0.29) is 6.61 Å². The molecule has 0 aromatic heterocycles. The molecule has 1 aromatic carbocycles. The maximum atomic E-state index is 10.9. The second-order valence-corrected chi connectivity index (χ2v) is 3.61. The van der Waals surface area contributed by atoms with Crippen molar-refractivity contribution in [3.05, 3.63) is 35.9 Å². The van der Waals surface area contributed by atoms with Gasteiger partial charge in [0.1, 0.15) is 0 Å². The molecule has 0 aliphatic heterocycles. The van der Waals surface area contributed by atoms with Crippen LogP contribution in [0.15, 0.2) is 30.3 Å². The monoisotopic (exact) mass is 214 g/mol. The minimum atomic E-state index is -2.69. The quantitative estimate of drug-likeness (QED) is 0.720. The molecule has 0 N–H and O–H groups in total. The summed E-state index contributed by atoms with van der Waals surface area (Å²) in [7, 11) is -2.69. The van der Waals surface area contributed by atoms with Crippen molar-refractivity contribution < 1.29 is 18.4 Å². The normalized spacial score (nSPS) is 12.1. The van der Waals surface area contributed by atoms with Gasteiger partial charge in [-0.15, -0.1) is 0 Å². The molecule has 0 saturated heterocycles. The predicted octanol–water partition coefficient (Wildman–Crippen LogP) is 2.16. The number of carbonyl (C=O) groups excluding carboxylic acids is 1. The smallest absolute Gasteiger partial charge is 0.370 e. The molecule has 0 fully saturated rings. The highest BCUT2D eigenvalue weighted by Gasteiger charge is 2.02. The Hall–Kier alpha value is -1.12. The van der Waals surface area contributed by atoms with Gasteiger partial charge in [0.05, 0.1) is 6.61 Å². The second kappa shape index (κ2) is 5.58. The van der Waals surface area contributed by atoms with Gasteiger partial charge in [0.2, 0.25) is 0 Å². The molecule has 0 radical (unpaired) electrons. The number of hydrogen-bond acceptors (Lipinski definition) is 4. The van der Waals surface area contributed by atoms with Crippen LogP contribution in [-0.4, -0.2) is 5.97 Å². The largest absolute Gasteiger partial charge is 0.394 e. The summed E-state index contributed by atoms with van der Waals surface area (Å²) in [5.41, 5.74) is 0.887. The molecular formula is C9H11O4P. The Morgan fingerprint density at radius 1 is 1.36 bits per heavy atom. The molecule has 1 unspecified atom stereocenters. The van der Waals surface area contributed by atoms with E-state index in [4.69, 9.17) is 4.52 Å². The summed E-state index contributed by atoms with van der Waals surface area (Å²) in [6, 6.07) is 9.24. The molecule has 1 aromatic rings. The zero-order valence-corrected chi connectivity index (χ0v) is 8.73. The first-order chi connectivity index (χ1) is 6.68. The molecule has 4 nitrogen and oxygen atoms in total. The van der Waals surface area contributed by atoms with Crippen LogP contribution in [-0.2, 0) is 25.0 Å². The van der Waals surface area contributed by atoms with Crippen LogP contribution in [0.5, 0.6) is 0 Å². The van der Waals surface area contributed by atoms with Crippen LogP contribution < -0.4 is 0 Å². The molecule has 0 spiro atoms. The standard InChI is InChI=1S/C9H11O4P/c1-8(10)13-14(11)12-7-9-5-3-2-4-6-9/h2-6,14H,7H2,1H3. The minimum Gasteiger partial charge on any atom is -0.394 e. The molecule has 0 heterocycles. The van der Waals surface area contributed by atoms with E-state index < -0.39 is 14.2 Å². The lowest BCUT2D eigenvalue weighted by Crippen LogP contribution is -1.92. The van der Waals surface area contributed by atoms with Crippen molar-refractivity contribution in [3.63, 3.8) is 0 Å². The van der Waals surface area contributed by atoms with E-state index in [2.05, 4.69) is 4.52 Å². The van der Waals surface area contributed by atoms with Gasteiger partial charge in [-0.25, -0.2) is 4.57 Å². The third kappa shape index (κ3) is 4.21. The lowest BCUT2D eigenvalue weighted by atomic mass is 10.2. The summed E-state index contributed by atoms with van der Waals surface area (Å²) in [6.07, 6.45) is 0. The van der Waals surface area contributed by atoms with Gasteiger partial charge in [-0.3, -0.25) is 9.32 Å². The molecule has 0 bridgehead atoms. The van der Waals surface area contributed by atoms with Crippen molar-refractivity contribution in [2.45, 2.75) is 13.5 Å². The van der Waals surface area contributed by atoms with Crippen molar-refractivity contribution in [1.29, 1.82) is 0 Å². The summed E-state index contributed by atoms with van der Waals surface area (Å²) < 4.78 is 20.1. The van der Waals surface area contributed by atoms with Crippen LogP contribution in [0.1, 0.15) is 12.5 Å². The Morgan fingerprint density at radius 3 is 2.57 bits per heavy atom. The highest BCUT2D eigenvalue weighted by molar-refractivity contribution is 7.34. The Morgan fingerprint density at radius 2 is 2.00 bits per heavy atom. The Balaban J connectivity index is 2.34. The molecule has 76 valence electrons. The van der Waals surface area contributed by atoms with Gasteiger partial charge >= 0.3 is 14.2 Å². The number of benzene rings is 1. The maximum absolute atomic E-state index is 10.9. The average Bonchev–Trinajstić information content (AvgIpc) is 2.15.